The molecule has 0 aromatic heterocycles. The van der Waals surface area contributed by atoms with Gasteiger partial charge < -0.3 is 10.1 Å². The fraction of sp³-hybridized carbons (Fsp3) is 0.316. The number of nitrogens with zero attached hydrogens (tertiary/aromatic N) is 2. The Morgan fingerprint density at radius 3 is 2.18 bits per heavy atom. The summed E-state index contributed by atoms with van der Waals surface area (Å²) >= 11 is 0. The number of halogens is 1. The lowest BCUT2D eigenvalue weighted by molar-refractivity contribution is -0.120. The van der Waals surface area contributed by atoms with E-state index in [1.54, 1.807) is 26.2 Å². The molecule has 152 valence electrons. The van der Waals surface area contributed by atoms with Crippen LogP contribution < -0.4 is 14.4 Å². The van der Waals surface area contributed by atoms with Crippen molar-refractivity contribution < 1.29 is 22.3 Å². The molecule has 0 aliphatic rings. The third kappa shape index (κ3) is 5.20. The van der Waals surface area contributed by atoms with Crippen molar-refractivity contribution in [1.29, 1.82) is 0 Å². The van der Waals surface area contributed by atoms with Crippen molar-refractivity contribution in [1.82, 2.24) is 9.62 Å². The normalized spacial score (nSPS) is 12.5. The number of carbonyl (C=O) groups is 1. The molecule has 0 unspecified atom stereocenters. The highest BCUT2D eigenvalue weighted by molar-refractivity contribution is 7.90. The third-order valence-electron chi connectivity index (χ3n) is 4.14. The molecule has 0 bridgehead atoms. The first-order valence-electron chi connectivity index (χ1n) is 8.54. The summed E-state index contributed by atoms with van der Waals surface area (Å²) in [5.74, 6) is -0.288. The molecule has 0 radical (unpaired) electrons. The zero-order chi connectivity index (χ0) is 20.9. The van der Waals surface area contributed by atoms with Crippen molar-refractivity contribution in [3.8, 4) is 5.75 Å². The maximum absolute atomic E-state index is 13.2. The summed E-state index contributed by atoms with van der Waals surface area (Å²) in [5.41, 5.74) is 1.04. The lowest BCUT2D eigenvalue weighted by Crippen LogP contribution is -2.46. The molecule has 0 saturated carbocycles. The fourth-order valence-corrected chi connectivity index (χ4v) is 3.57. The Kier molecular flexibility index (Phi) is 6.98. The molecule has 0 fully saturated rings. The van der Waals surface area contributed by atoms with Crippen LogP contribution in [0.15, 0.2) is 48.5 Å². The zero-order valence-corrected chi connectivity index (χ0v) is 17.0. The first-order valence-corrected chi connectivity index (χ1v) is 9.94. The van der Waals surface area contributed by atoms with Crippen LogP contribution in [0.1, 0.15) is 18.5 Å². The van der Waals surface area contributed by atoms with Gasteiger partial charge in [0.1, 0.15) is 18.1 Å². The molecule has 0 heterocycles. The number of anilines is 1. The molecule has 1 atom stereocenters. The van der Waals surface area contributed by atoms with Crippen LogP contribution in [-0.2, 0) is 15.0 Å². The summed E-state index contributed by atoms with van der Waals surface area (Å²) in [7, 11) is 0.352. The second kappa shape index (κ2) is 9.03. The predicted molar refractivity (Wildman–Crippen MR) is 106 cm³/mol. The van der Waals surface area contributed by atoms with Crippen LogP contribution in [0.25, 0.3) is 0 Å². The van der Waals surface area contributed by atoms with Gasteiger partial charge in [0, 0.05) is 14.1 Å². The SMILES string of the molecule is COc1ccc([C@H](C)NC(=O)CN(c2ccc(F)cc2)S(=O)(=O)N(C)C)cc1. The molecular formula is C19H24FN3O4S. The number of ether oxygens (including phenoxy) is 1. The maximum Gasteiger partial charge on any atom is 0.304 e. The van der Waals surface area contributed by atoms with Gasteiger partial charge in [-0.05, 0) is 48.9 Å². The first kappa shape index (κ1) is 21.6. The molecule has 2 aromatic carbocycles. The average Bonchev–Trinajstić information content (AvgIpc) is 2.66. The van der Waals surface area contributed by atoms with Crippen molar-refractivity contribution in [3.63, 3.8) is 0 Å². The van der Waals surface area contributed by atoms with E-state index in [0.717, 1.165) is 26.3 Å². The molecule has 9 heteroatoms. The molecule has 0 aliphatic heterocycles. The highest BCUT2D eigenvalue weighted by Gasteiger charge is 2.27. The zero-order valence-electron chi connectivity index (χ0n) is 16.2. The van der Waals surface area contributed by atoms with E-state index >= 15 is 0 Å². The predicted octanol–water partition coefficient (Wildman–Crippen LogP) is 2.32. The Bertz CT molecular complexity index is 900. The summed E-state index contributed by atoms with van der Waals surface area (Å²) in [6.45, 7) is 1.36. The van der Waals surface area contributed by atoms with Gasteiger partial charge in [-0.2, -0.15) is 12.7 Å². The highest BCUT2D eigenvalue weighted by Crippen LogP contribution is 2.21. The number of rotatable bonds is 8. The molecule has 0 saturated heterocycles. The monoisotopic (exact) mass is 409 g/mol. The lowest BCUT2D eigenvalue weighted by atomic mass is 10.1. The van der Waals surface area contributed by atoms with Gasteiger partial charge >= 0.3 is 10.2 Å². The van der Waals surface area contributed by atoms with Crippen molar-refractivity contribution in [2.45, 2.75) is 13.0 Å². The molecule has 0 spiro atoms. The number of methoxy groups -OCH3 is 1. The lowest BCUT2D eigenvalue weighted by Gasteiger charge is -2.27. The van der Waals surface area contributed by atoms with E-state index in [1.807, 2.05) is 12.1 Å². The minimum Gasteiger partial charge on any atom is -0.497 e. The van der Waals surface area contributed by atoms with E-state index < -0.39 is 28.5 Å². The summed E-state index contributed by atoms with van der Waals surface area (Å²) in [6, 6.07) is 11.8. The molecule has 2 aromatic rings. The van der Waals surface area contributed by atoms with Gasteiger partial charge in [0.15, 0.2) is 0 Å². The Morgan fingerprint density at radius 2 is 1.68 bits per heavy atom. The topological polar surface area (TPSA) is 79.0 Å². The standard InChI is InChI=1S/C19H24FN3O4S/c1-14(15-5-11-18(27-4)12-6-15)21-19(24)13-23(28(25,26)22(2)3)17-9-7-16(20)8-10-17/h5-12,14H,13H2,1-4H3,(H,21,24)/t14-/m0/s1. The van der Waals surface area contributed by atoms with Gasteiger partial charge in [-0.3, -0.25) is 4.79 Å². The van der Waals surface area contributed by atoms with Crippen LogP contribution in [0, 0.1) is 5.82 Å². The second-order valence-corrected chi connectivity index (χ2v) is 8.40. The quantitative estimate of drug-likeness (QED) is 0.726. The van der Waals surface area contributed by atoms with Crippen molar-refractivity contribution in [2.75, 3.05) is 32.1 Å². The summed E-state index contributed by atoms with van der Waals surface area (Å²) in [6.07, 6.45) is 0. The summed E-state index contributed by atoms with van der Waals surface area (Å²) in [4.78, 5) is 12.5. The smallest absolute Gasteiger partial charge is 0.304 e. The van der Waals surface area contributed by atoms with E-state index in [9.17, 15) is 17.6 Å². The van der Waals surface area contributed by atoms with E-state index in [1.165, 1.54) is 26.2 Å². The number of amides is 1. The van der Waals surface area contributed by atoms with Crippen molar-refractivity contribution >= 4 is 21.8 Å². The minimum atomic E-state index is -3.94. The number of hydrogen-bond donors (Lipinski definition) is 1. The molecule has 0 aliphatic carbocycles. The van der Waals surface area contributed by atoms with Gasteiger partial charge in [0.25, 0.3) is 0 Å². The third-order valence-corrected chi connectivity index (χ3v) is 5.95. The molecule has 28 heavy (non-hydrogen) atoms. The number of carbonyl (C=O) groups excluding carboxylic acids is 1. The number of nitrogens with one attached hydrogen (secondary N) is 1. The number of benzene rings is 2. The number of hydrogen-bond acceptors (Lipinski definition) is 4. The average molecular weight is 409 g/mol. The van der Waals surface area contributed by atoms with Crippen LogP contribution in [0.2, 0.25) is 0 Å². The van der Waals surface area contributed by atoms with Gasteiger partial charge in [-0.25, -0.2) is 8.70 Å². The molecule has 1 amide bonds. The van der Waals surface area contributed by atoms with Gasteiger partial charge in [0.05, 0.1) is 18.8 Å². The van der Waals surface area contributed by atoms with Crippen molar-refractivity contribution in [2.24, 2.45) is 0 Å². The van der Waals surface area contributed by atoms with E-state index in [0.29, 0.717) is 5.75 Å². The second-order valence-electron chi connectivity index (χ2n) is 6.34. The van der Waals surface area contributed by atoms with Gasteiger partial charge in [0.2, 0.25) is 5.91 Å². The van der Waals surface area contributed by atoms with Crippen LogP contribution in [0.4, 0.5) is 10.1 Å². The Hall–Kier alpha value is -2.65. The Labute approximate surface area is 164 Å². The molecular weight excluding hydrogens is 385 g/mol. The minimum absolute atomic E-state index is 0.197. The van der Waals surface area contributed by atoms with Crippen LogP contribution in [0.5, 0.6) is 5.75 Å². The van der Waals surface area contributed by atoms with Crippen LogP contribution >= 0.6 is 0 Å². The van der Waals surface area contributed by atoms with E-state index in [4.69, 9.17) is 4.74 Å². The van der Waals surface area contributed by atoms with E-state index in [2.05, 4.69) is 5.32 Å². The summed E-state index contributed by atoms with van der Waals surface area (Å²) in [5, 5.41) is 2.78. The molecule has 2 rings (SSSR count). The highest BCUT2D eigenvalue weighted by atomic mass is 32.2. The van der Waals surface area contributed by atoms with E-state index in [-0.39, 0.29) is 11.7 Å². The largest absolute Gasteiger partial charge is 0.497 e. The van der Waals surface area contributed by atoms with Crippen LogP contribution in [-0.4, -0.2) is 46.4 Å². The fourth-order valence-electron chi connectivity index (χ4n) is 2.50. The maximum atomic E-state index is 13.2. The Morgan fingerprint density at radius 1 is 1.11 bits per heavy atom. The van der Waals surface area contributed by atoms with Gasteiger partial charge in [-0.1, -0.05) is 12.1 Å². The molecule has 7 nitrogen and oxygen atoms in total. The Balaban J connectivity index is 2.18. The first-order chi connectivity index (χ1) is 13.1. The van der Waals surface area contributed by atoms with Crippen LogP contribution in [0.3, 0.4) is 0 Å². The molecule has 1 N–H and O–H groups in total. The van der Waals surface area contributed by atoms with Crippen molar-refractivity contribution in [3.05, 3.63) is 59.9 Å². The summed E-state index contributed by atoms with van der Waals surface area (Å²) < 4.78 is 45.5. The van der Waals surface area contributed by atoms with Gasteiger partial charge in [-0.15, -0.1) is 0 Å².